The van der Waals surface area contributed by atoms with Crippen LogP contribution in [0.1, 0.15) is 5.56 Å². The molecule has 0 saturated carbocycles. The fraction of sp³-hybridized carbons (Fsp3) is 0.455. The molecule has 0 bridgehead atoms. The Bertz CT molecular complexity index is 374. The lowest BCUT2D eigenvalue weighted by atomic mass is 10.2. The largest absolute Gasteiger partial charge is 0.392 e. The maximum atomic E-state index is 12.0. The Morgan fingerprint density at radius 3 is 2.69 bits per heavy atom. The van der Waals surface area contributed by atoms with Crippen LogP contribution in [0, 0.1) is 0 Å². The zero-order valence-corrected chi connectivity index (χ0v) is 9.61. The zero-order valence-electron chi connectivity index (χ0n) is 8.80. The number of ether oxygens (including phenoxy) is 2. The fourth-order valence-corrected chi connectivity index (χ4v) is 2.85. The van der Waals surface area contributed by atoms with Crippen molar-refractivity contribution < 1.29 is 18.8 Å². The van der Waals surface area contributed by atoms with Crippen LogP contribution < -0.4 is 0 Å². The molecule has 1 saturated heterocycles. The van der Waals surface area contributed by atoms with E-state index >= 15 is 0 Å². The molecule has 1 unspecified atom stereocenters. The highest BCUT2D eigenvalue weighted by molar-refractivity contribution is 7.85. The molecule has 1 N–H and O–H groups in total. The van der Waals surface area contributed by atoms with Crippen molar-refractivity contribution in [1.82, 2.24) is 0 Å². The molecule has 1 heterocycles. The molecule has 1 atom stereocenters. The van der Waals surface area contributed by atoms with Crippen molar-refractivity contribution >= 4 is 10.8 Å². The van der Waals surface area contributed by atoms with E-state index in [1.165, 1.54) is 0 Å². The van der Waals surface area contributed by atoms with Crippen molar-refractivity contribution in [3.63, 3.8) is 0 Å². The van der Waals surface area contributed by atoms with Gasteiger partial charge in [0.15, 0.2) is 6.29 Å². The molecular formula is C11H14O4S. The SMILES string of the molecule is O=S(CC1OCCO1)c1ccccc1CO. The topological polar surface area (TPSA) is 55.8 Å². The Hall–Kier alpha value is -0.750. The van der Waals surface area contributed by atoms with Gasteiger partial charge < -0.3 is 14.6 Å². The van der Waals surface area contributed by atoms with Gasteiger partial charge in [0.2, 0.25) is 0 Å². The predicted octanol–water partition coefficient (Wildman–Crippen LogP) is 0.659. The molecule has 0 radical (unpaired) electrons. The van der Waals surface area contributed by atoms with E-state index in [1.807, 2.05) is 12.1 Å². The van der Waals surface area contributed by atoms with E-state index < -0.39 is 10.8 Å². The molecule has 1 aliphatic heterocycles. The van der Waals surface area contributed by atoms with Gasteiger partial charge in [-0.15, -0.1) is 0 Å². The zero-order chi connectivity index (χ0) is 11.4. The highest BCUT2D eigenvalue weighted by atomic mass is 32.2. The van der Waals surface area contributed by atoms with E-state index in [2.05, 4.69) is 0 Å². The van der Waals surface area contributed by atoms with E-state index in [1.54, 1.807) is 12.1 Å². The first-order valence-electron chi connectivity index (χ1n) is 5.11. The molecule has 5 heteroatoms. The summed E-state index contributed by atoms with van der Waals surface area (Å²) in [6.07, 6.45) is -0.382. The molecule has 16 heavy (non-hydrogen) atoms. The summed E-state index contributed by atoms with van der Waals surface area (Å²) in [4.78, 5) is 0.657. The van der Waals surface area contributed by atoms with Gasteiger partial charge in [0, 0.05) is 4.90 Å². The predicted molar refractivity (Wildman–Crippen MR) is 59.3 cm³/mol. The number of hydrogen-bond donors (Lipinski definition) is 1. The number of aliphatic hydroxyl groups is 1. The van der Waals surface area contributed by atoms with Crippen LogP contribution in [0.15, 0.2) is 29.2 Å². The Kier molecular flexibility index (Phi) is 4.06. The van der Waals surface area contributed by atoms with Crippen molar-refractivity contribution in [3.8, 4) is 0 Å². The molecule has 0 spiro atoms. The minimum Gasteiger partial charge on any atom is -0.392 e. The third kappa shape index (κ3) is 2.68. The molecule has 4 nitrogen and oxygen atoms in total. The van der Waals surface area contributed by atoms with Crippen molar-refractivity contribution in [2.75, 3.05) is 19.0 Å². The normalized spacial score (nSPS) is 18.8. The second kappa shape index (κ2) is 5.54. The number of aliphatic hydroxyl groups excluding tert-OH is 1. The second-order valence-corrected chi connectivity index (χ2v) is 4.91. The average molecular weight is 242 g/mol. The third-order valence-electron chi connectivity index (χ3n) is 2.37. The molecular weight excluding hydrogens is 228 g/mol. The van der Waals surface area contributed by atoms with Gasteiger partial charge >= 0.3 is 0 Å². The first-order chi connectivity index (χ1) is 7.81. The maximum Gasteiger partial charge on any atom is 0.169 e. The molecule has 0 amide bonds. The highest BCUT2D eigenvalue weighted by Gasteiger charge is 2.20. The van der Waals surface area contributed by atoms with Gasteiger partial charge in [-0.05, 0) is 11.6 Å². The van der Waals surface area contributed by atoms with E-state index in [9.17, 15) is 4.21 Å². The Morgan fingerprint density at radius 2 is 2.00 bits per heavy atom. The lowest BCUT2D eigenvalue weighted by Gasteiger charge is -2.10. The molecule has 1 aromatic rings. The minimum atomic E-state index is -1.19. The quantitative estimate of drug-likeness (QED) is 0.842. The highest BCUT2D eigenvalue weighted by Crippen LogP contribution is 2.16. The molecule has 1 aliphatic rings. The Labute approximate surface area is 96.6 Å². The first-order valence-corrected chi connectivity index (χ1v) is 6.43. The van der Waals surface area contributed by atoms with Crippen LogP contribution in [0.5, 0.6) is 0 Å². The summed E-state index contributed by atoms with van der Waals surface area (Å²) < 4.78 is 22.5. The van der Waals surface area contributed by atoms with Crippen LogP contribution in [0.2, 0.25) is 0 Å². The number of hydrogen-bond acceptors (Lipinski definition) is 4. The standard InChI is InChI=1S/C11H14O4S/c12-7-9-3-1-2-4-10(9)16(13)8-11-14-5-6-15-11/h1-4,11-12H,5-8H2. The van der Waals surface area contributed by atoms with Gasteiger partial charge in [0.05, 0.1) is 36.4 Å². The summed E-state index contributed by atoms with van der Waals surface area (Å²) in [5.41, 5.74) is 0.693. The minimum absolute atomic E-state index is 0.103. The first kappa shape index (κ1) is 11.7. The lowest BCUT2D eigenvalue weighted by molar-refractivity contribution is -0.0221. The summed E-state index contributed by atoms with van der Waals surface area (Å²) in [5, 5.41) is 9.13. The lowest BCUT2D eigenvalue weighted by Crippen LogP contribution is -2.18. The fourth-order valence-electron chi connectivity index (χ4n) is 1.57. The summed E-state index contributed by atoms with van der Waals surface area (Å²) in [5.74, 6) is 0.316. The second-order valence-electron chi connectivity index (χ2n) is 3.45. The van der Waals surface area contributed by atoms with Crippen LogP contribution in [-0.4, -0.2) is 34.6 Å². The van der Waals surface area contributed by atoms with Crippen molar-refractivity contribution in [2.24, 2.45) is 0 Å². The molecule has 0 aliphatic carbocycles. The third-order valence-corrected chi connectivity index (χ3v) is 3.83. The van der Waals surface area contributed by atoms with Crippen LogP contribution in [0.4, 0.5) is 0 Å². The van der Waals surface area contributed by atoms with Gasteiger partial charge in [-0.1, -0.05) is 18.2 Å². The summed E-state index contributed by atoms with van der Waals surface area (Å²) in [7, 11) is -1.19. The van der Waals surface area contributed by atoms with Crippen LogP contribution in [-0.2, 0) is 26.9 Å². The van der Waals surface area contributed by atoms with Crippen LogP contribution in [0.25, 0.3) is 0 Å². The Balaban J connectivity index is 2.07. The molecule has 1 fully saturated rings. The molecule has 0 aromatic heterocycles. The molecule has 88 valence electrons. The van der Waals surface area contributed by atoms with E-state index in [0.29, 0.717) is 29.4 Å². The van der Waals surface area contributed by atoms with Crippen molar-refractivity contribution in [2.45, 2.75) is 17.8 Å². The molecule has 2 rings (SSSR count). The monoisotopic (exact) mass is 242 g/mol. The van der Waals surface area contributed by atoms with Gasteiger partial charge in [-0.25, -0.2) is 0 Å². The van der Waals surface area contributed by atoms with E-state index in [4.69, 9.17) is 14.6 Å². The van der Waals surface area contributed by atoms with Gasteiger partial charge in [-0.3, -0.25) is 4.21 Å². The van der Waals surface area contributed by atoms with E-state index in [-0.39, 0.29) is 12.9 Å². The smallest absolute Gasteiger partial charge is 0.169 e. The number of rotatable bonds is 4. The van der Waals surface area contributed by atoms with Gasteiger partial charge in [-0.2, -0.15) is 0 Å². The van der Waals surface area contributed by atoms with Crippen LogP contribution in [0.3, 0.4) is 0 Å². The Morgan fingerprint density at radius 1 is 1.31 bits per heavy atom. The maximum absolute atomic E-state index is 12.0. The summed E-state index contributed by atoms with van der Waals surface area (Å²) >= 11 is 0. The van der Waals surface area contributed by atoms with Gasteiger partial charge in [0.25, 0.3) is 0 Å². The molecule has 1 aromatic carbocycles. The number of benzene rings is 1. The van der Waals surface area contributed by atoms with Gasteiger partial charge in [0.1, 0.15) is 0 Å². The van der Waals surface area contributed by atoms with E-state index in [0.717, 1.165) is 0 Å². The summed E-state index contributed by atoms with van der Waals surface area (Å²) in [6.45, 7) is 1.02. The average Bonchev–Trinajstić information content (AvgIpc) is 2.81. The van der Waals surface area contributed by atoms with Crippen LogP contribution >= 0.6 is 0 Å². The van der Waals surface area contributed by atoms with Crippen molar-refractivity contribution in [1.29, 1.82) is 0 Å². The summed E-state index contributed by atoms with van der Waals surface area (Å²) in [6, 6.07) is 7.15. The van der Waals surface area contributed by atoms with Crippen molar-refractivity contribution in [3.05, 3.63) is 29.8 Å².